The van der Waals surface area contributed by atoms with E-state index in [1.807, 2.05) is 70.5 Å². The van der Waals surface area contributed by atoms with Crippen LogP contribution < -0.4 is 15.1 Å². The van der Waals surface area contributed by atoms with E-state index in [9.17, 15) is 27.2 Å². The zero-order chi connectivity index (χ0) is 48.3. The van der Waals surface area contributed by atoms with Crippen molar-refractivity contribution in [3.63, 3.8) is 0 Å². The van der Waals surface area contributed by atoms with Gasteiger partial charge in [-0.2, -0.15) is 17.6 Å². The molecule has 20 heteroatoms. The zero-order valence-electron chi connectivity index (χ0n) is 37.7. The number of alkyl halides is 4. The number of hydrogen-bond acceptors (Lipinski definition) is 10. The van der Waals surface area contributed by atoms with Crippen LogP contribution in [0.25, 0.3) is 22.9 Å². The Kier molecular flexibility index (Phi) is 13.7. The van der Waals surface area contributed by atoms with Crippen molar-refractivity contribution in [1.82, 2.24) is 40.4 Å². The van der Waals surface area contributed by atoms with Crippen LogP contribution in [0, 0.1) is 22.5 Å². The van der Waals surface area contributed by atoms with Crippen LogP contribution in [0.2, 0.25) is 0 Å². The number of nitrogens with one attached hydrogen (secondary N) is 1. The highest BCUT2D eigenvalue weighted by molar-refractivity contribution is 5.93. The summed E-state index contributed by atoms with van der Waals surface area (Å²) in [5, 5.41) is 17.0. The summed E-state index contributed by atoms with van der Waals surface area (Å²) in [4.78, 5) is 36.0. The van der Waals surface area contributed by atoms with E-state index in [2.05, 4.69) is 37.7 Å². The van der Waals surface area contributed by atoms with Crippen LogP contribution in [0.3, 0.4) is 0 Å². The number of aromatic nitrogens is 4. The summed E-state index contributed by atoms with van der Waals surface area (Å²) in [6.07, 6.45) is -1.58. The summed E-state index contributed by atoms with van der Waals surface area (Å²) in [5.41, 5.74) is 2.64. The Hall–Kier alpha value is -6.80. The number of benzene rings is 4. The van der Waals surface area contributed by atoms with Gasteiger partial charge in [0.2, 0.25) is 11.8 Å². The van der Waals surface area contributed by atoms with Crippen LogP contribution in [0.4, 0.5) is 47.3 Å². The second-order valence-electron chi connectivity index (χ2n) is 18.3. The number of carbonyl (C=O) groups excluding carboxylic acids is 2. The van der Waals surface area contributed by atoms with E-state index in [0.29, 0.717) is 37.6 Å². The first-order valence-corrected chi connectivity index (χ1v) is 22.7. The Balaban J connectivity index is 0.000000172. The maximum atomic E-state index is 15.1. The number of urea groups is 2. The number of hydrogen-bond donors (Lipinski definition) is 1. The third-order valence-corrected chi connectivity index (χ3v) is 13.5. The number of halogens is 6. The minimum absolute atomic E-state index is 0.0200. The van der Waals surface area contributed by atoms with Gasteiger partial charge in [0.1, 0.15) is 11.6 Å². The van der Waals surface area contributed by atoms with E-state index in [4.69, 9.17) is 8.83 Å². The van der Waals surface area contributed by atoms with Crippen molar-refractivity contribution >= 4 is 23.4 Å². The van der Waals surface area contributed by atoms with Gasteiger partial charge in [-0.15, -0.1) is 20.4 Å². The molecule has 6 aromatic rings. The molecule has 362 valence electrons. The fourth-order valence-corrected chi connectivity index (χ4v) is 9.41. The predicted octanol–water partition coefficient (Wildman–Crippen LogP) is 9.59. The van der Waals surface area contributed by atoms with Crippen LogP contribution in [-0.2, 0) is 13.1 Å². The molecule has 2 aromatic heterocycles. The average molecular weight is 957 g/mol. The fourth-order valence-electron chi connectivity index (χ4n) is 9.41. The molecule has 1 N–H and O–H groups in total. The first-order valence-electron chi connectivity index (χ1n) is 22.7. The highest BCUT2D eigenvalue weighted by atomic mass is 19.3. The number of rotatable bonds is 10. The van der Waals surface area contributed by atoms with Gasteiger partial charge in [0, 0.05) is 70.6 Å². The second kappa shape index (κ2) is 20.0. The smallest absolute Gasteiger partial charge is 0.324 e. The summed E-state index contributed by atoms with van der Waals surface area (Å²) in [5.74, 6) is -3.20. The lowest BCUT2D eigenvalue weighted by Gasteiger charge is -2.54. The first kappa shape index (κ1) is 47.3. The summed E-state index contributed by atoms with van der Waals surface area (Å²) in [6, 6.07) is 26.3. The maximum Gasteiger partial charge on any atom is 0.324 e. The van der Waals surface area contributed by atoms with Gasteiger partial charge in [-0.25, -0.2) is 18.4 Å². The van der Waals surface area contributed by atoms with Crippen LogP contribution in [0.15, 0.2) is 106 Å². The topological polar surface area (TPSA) is 140 Å². The van der Waals surface area contributed by atoms with Gasteiger partial charge in [0.05, 0.1) is 13.1 Å². The van der Waals surface area contributed by atoms with Crippen molar-refractivity contribution in [2.24, 2.45) is 10.8 Å². The van der Waals surface area contributed by atoms with E-state index in [1.54, 1.807) is 9.80 Å². The van der Waals surface area contributed by atoms with E-state index in [-0.39, 0.29) is 70.0 Å². The molecule has 0 bridgehead atoms. The Morgan fingerprint density at radius 3 is 1.39 bits per heavy atom. The molecule has 0 unspecified atom stereocenters. The van der Waals surface area contributed by atoms with Gasteiger partial charge in [-0.3, -0.25) is 9.80 Å². The molecule has 0 radical (unpaired) electrons. The van der Waals surface area contributed by atoms with Gasteiger partial charge in [-0.1, -0.05) is 48.5 Å². The molecule has 4 aliphatic rings. The molecule has 10 rings (SSSR count). The summed E-state index contributed by atoms with van der Waals surface area (Å²) >= 11 is 0. The molecule has 0 aliphatic carbocycles. The fraction of sp³-hybridized carbons (Fsp3) is 0.388. The van der Waals surface area contributed by atoms with Crippen molar-refractivity contribution in [2.75, 3.05) is 69.2 Å². The molecule has 6 heterocycles. The molecule has 4 fully saturated rings. The van der Waals surface area contributed by atoms with Crippen LogP contribution in [0.1, 0.15) is 61.4 Å². The SMILES string of the molecule is CN1CCC2(CC1)CN(C(=O)N(Cc1ccc(-c3nnc(C(F)F)o3)cc1F)c1ccccc1)C2.O=C(N1CC2(CCNCC2)C1)N(Cc1ccc(-c2nnc(C(F)F)o2)cc1F)c1ccccc1. The molecule has 0 saturated carbocycles. The highest BCUT2D eigenvalue weighted by Gasteiger charge is 2.48. The molecule has 14 nitrogen and oxygen atoms in total. The minimum atomic E-state index is -2.90. The van der Waals surface area contributed by atoms with E-state index >= 15 is 8.78 Å². The normalized spacial score (nSPS) is 17.3. The van der Waals surface area contributed by atoms with Crippen molar-refractivity contribution < 1.29 is 44.8 Å². The van der Waals surface area contributed by atoms with Crippen molar-refractivity contribution in [3.8, 4) is 22.9 Å². The Labute approximate surface area is 393 Å². The Morgan fingerprint density at radius 1 is 0.609 bits per heavy atom. The number of carbonyl (C=O) groups is 2. The molecular formula is C49H50F6N10O4. The van der Waals surface area contributed by atoms with Crippen molar-refractivity contribution in [2.45, 2.75) is 51.6 Å². The van der Waals surface area contributed by atoms with Gasteiger partial charge >= 0.3 is 24.9 Å². The number of para-hydroxylation sites is 2. The van der Waals surface area contributed by atoms with Crippen LogP contribution >= 0.6 is 0 Å². The number of amides is 4. The molecular weight excluding hydrogens is 907 g/mol. The van der Waals surface area contributed by atoms with Gasteiger partial charge in [0.15, 0.2) is 0 Å². The van der Waals surface area contributed by atoms with Crippen LogP contribution in [0.5, 0.6) is 0 Å². The van der Waals surface area contributed by atoms with Crippen molar-refractivity contribution in [1.29, 1.82) is 0 Å². The molecule has 69 heavy (non-hydrogen) atoms. The lowest BCUT2D eigenvalue weighted by Crippen LogP contribution is -2.63. The Morgan fingerprint density at radius 2 is 1.01 bits per heavy atom. The predicted molar refractivity (Wildman–Crippen MR) is 242 cm³/mol. The number of likely N-dealkylation sites (tertiary alicyclic amines) is 3. The molecule has 4 aliphatic heterocycles. The quantitative estimate of drug-likeness (QED) is 0.132. The minimum Gasteiger partial charge on any atom is -0.415 e. The number of nitrogens with zero attached hydrogens (tertiary/aromatic N) is 9. The van der Waals surface area contributed by atoms with E-state index < -0.39 is 36.3 Å². The van der Waals surface area contributed by atoms with Crippen LogP contribution in [-0.4, -0.2) is 107 Å². The zero-order valence-corrected chi connectivity index (χ0v) is 37.7. The molecule has 4 saturated heterocycles. The van der Waals surface area contributed by atoms with Crippen molar-refractivity contribution in [3.05, 3.63) is 132 Å². The Bertz CT molecular complexity index is 2710. The van der Waals surface area contributed by atoms with Gasteiger partial charge < -0.3 is 28.9 Å². The second-order valence-corrected chi connectivity index (χ2v) is 18.3. The van der Waals surface area contributed by atoms with E-state index in [0.717, 1.165) is 64.0 Å². The lowest BCUT2D eigenvalue weighted by atomic mass is 9.72. The molecule has 4 amide bonds. The monoisotopic (exact) mass is 956 g/mol. The maximum absolute atomic E-state index is 15.1. The summed E-state index contributed by atoms with van der Waals surface area (Å²) in [7, 11) is 2.11. The average Bonchev–Trinajstić information content (AvgIpc) is 4.05. The highest BCUT2D eigenvalue weighted by Crippen LogP contribution is 2.42. The lowest BCUT2D eigenvalue weighted by molar-refractivity contribution is -0.0147. The summed E-state index contributed by atoms with van der Waals surface area (Å²) < 4.78 is 90.8. The molecule has 0 atom stereocenters. The number of anilines is 2. The first-order chi connectivity index (χ1) is 33.3. The summed E-state index contributed by atoms with van der Waals surface area (Å²) in [6.45, 7) is 6.81. The largest absolute Gasteiger partial charge is 0.415 e. The van der Waals surface area contributed by atoms with Gasteiger partial charge in [0.25, 0.3) is 11.8 Å². The number of piperidine rings is 2. The standard InChI is InChI=1S/C25H26F3N5O2.C24H24F3N5O2/c1-31-11-9-25(10-12-31)15-32(16-25)24(34)33(19-5-3-2-4-6-19)14-18-8-7-17(13-20(18)26)22-29-30-23(35-22)21(27)28;25-19-12-16(21-29-30-22(34-21)20(26)27)6-7-17(19)13-32(18-4-2-1-3-5-18)23(33)31-14-24(15-31)8-10-28-11-9-24/h2-8,13,21H,9-12,14-16H2,1H3;1-7,12,20,28H,8-11,13-15H2. The molecule has 4 aromatic carbocycles. The van der Waals surface area contributed by atoms with Gasteiger partial charge in [-0.05, 0) is 107 Å². The molecule has 2 spiro atoms. The van der Waals surface area contributed by atoms with E-state index in [1.165, 1.54) is 24.3 Å². The third-order valence-electron chi connectivity index (χ3n) is 13.5. The third kappa shape index (κ3) is 10.5.